The first-order valence-electron chi connectivity index (χ1n) is 8.63. The van der Waals surface area contributed by atoms with Crippen LogP contribution in [0.2, 0.25) is 5.02 Å². The molecule has 3 aromatic rings. The number of fused-ring (bicyclic) bond motifs is 1. The smallest absolute Gasteiger partial charge is 0.244 e. The number of rotatable bonds is 4. The SMILES string of the molecule is N#CC1=C(N)Oc2n[nH]c(-c3ccccc3Cl)c2C1CCc1ccccc1. The van der Waals surface area contributed by atoms with Crippen LogP contribution in [0.5, 0.6) is 5.88 Å². The van der Waals surface area contributed by atoms with Crippen molar-refractivity contribution in [1.29, 1.82) is 5.26 Å². The van der Waals surface area contributed by atoms with Crippen molar-refractivity contribution in [3.63, 3.8) is 0 Å². The molecule has 1 aliphatic heterocycles. The lowest BCUT2D eigenvalue weighted by Gasteiger charge is -2.24. The highest BCUT2D eigenvalue weighted by Crippen LogP contribution is 2.45. The maximum Gasteiger partial charge on any atom is 0.244 e. The van der Waals surface area contributed by atoms with E-state index < -0.39 is 0 Å². The molecule has 1 unspecified atom stereocenters. The highest BCUT2D eigenvalue weighted by Gasteiger charge is 2.34. The number of ether oxygens (including phenoxy) is 1. The molecule has 0 saturated carbocycles. The Morgan fingerprint density at radius 2 is 1.89 bits per heavy atom. The van der Waals surface area contributed by atoms with Crippen molar-refractivity contribution in [3.8, 4) is 23.2 Å². The zero-order chi connectivity index (χ0) is 18.8. The van der Waals surface area contributed by atoms with Gasteiger partial charge in [-0.15, -0.1) is 5.10 Å². The molecule has 4 rings (SSSR count). The van der Waals surface area contributed by atoms with Crippen LogP contribution in [0, 0.1) is 11.3 Å². The molecule has 2 aromatic carbocycles. The number of aromatic amines is 1. The molecule has 0 amide bonds. The van der Waals surface area contributed by atoms with E-state index in [4.69, 9.17) is 22.1 Å². The zero-order valence-corrected chi connectivity index (χ0v) is 15.2. The van der Waals surface area contributed by atoms with Gasteiger partial charge in [-0.25, -0.2) is 0 Å². The third-order valence-electron chi connectivity index (χ3n) is 4.77. The summed E-state index contributed by atoms with van der Waals surface area (Å²) in [5, 5.41) is 17.6. The minimum absolute atomic E-state index is 0.111. The first-order chi connectivity index (χ1) is 13.2. The van der Waals surface area contributed by atoms with Crippen LogP contribution >= 0.6 is 11.6 Å². The number of aromatic nitrogens is 2. The molecule has 0 radical (unpaired) electrons. The van der Waals surface area contributed by atoms with Gasteiger partial charge in [-0.3, -0.25) is 5.10 Å². The monoisotopic (exact) mass is 376 g/mol. The Labute approximate surface area is 162 Å². The molecule has 0 fully saturated rings. The van der Waals surface area contributed by atoms with Crippen molar-refractivity contribution in [3.05, 3.63) is 82.2 Å². The van der Waals surface area contributed by atoms with Gasteiger partial charge in [-0.05, 0) is 24.5 Å². The van der Waals surface area contributed by atoms with Crippen LogP contribution in [0.3, 0.4) is 0 Å². The Bertz CT molecular complexity index is 1050. The van der Waals surface area contributed by atoms with Gasteiger partial charge < -0.3 is 10.5 Å². The molecule has 6 heteroatoms. The molecule has 1 aromatic heterocycles. The number of hydrogen-bond acceptors (Lipinski definition) is 4. The number of allylic oxidation sites excluding steroid dienone is 1. The van der Waals surface area contributed by atoms with E-state index in [1.165, 1.54) is 5.56 Å². The van der Waals surface area contributed by atoms with Crippen LogP contribution in [-0.2, 0) is 6.42 Å². The highest BCUT2D eigenvalue weighted by atomic mass is 35.5. The molecule has 5 nitrogen and oxygen atoms in total. The van der Waals surface area contributed by atoms with Gasteiger partial charge >= 0.3 is 0 Å². The van der Waals surface area contributed by atoms with E-state index in [2.05, 4.69) is 28.4 Å². The van der Waals surface area contributed by atoms with Crippen molar-refractivity contribution in [2.24, 2.45) is 5.73 Å². The topological polar surface area (TPSA) is 87.7 Å². The van der Waals surface area contributed by atoms with Gasteiger partial charge in [0.2, 0.25) is 11.8 Å². The van der Waals surface area contributed by atoms with E-state index in [1.807, 2.05) is 42.5 Å². The number of H-pyrrole nitrogens is 1. The number of hydrogen-bond donors (Lipinski definition) is 2. The van der Waals surface area contributed by atoms with E-state index in [-0.39, 0.29) is 11.8 Å². The number of nitrogens with zero attached hydrogens (tertiary/aromatic N) is 2. The van der Waals surface area contributed by atoms with E-state index in [9.17, 15) is 5.26 Å². The maximum atomic E-state index is 9.68. The zero-order valence-electron chi connectivity index (χ0n) is 14.4. The molecular formula is C21H17ClN4O. The molecule has 0 aliphatic carbocycles. The van der Waals surface area contributed by atoms with E-state index in [1.54, 1.807) is 0 Å². The average Bonchev–Trinajstić information content (AvgIpc) is 3.10. The second kappa shape index (κ2) is 7.18. The summed E-state index contributed by atoms with van der Waals surface area (Å²) >= 11 is 6.39. The Kier molecular flexibility index (Phi) is 4.57. The lowest BCUT2D eigenvalue weighted by molar-refractivity contribution is 0.371. The van der Waals surface area contributed by atoms with Crippen LogP contribution in [0.25, 0.3) is 11.3 Å². The van der Waals surface area contributed by atoms with Crippen molar-refractivity contribution in [2.75, 3.05) is 0 Å². The van der Waals surface area contributed by atoms with Gasteiger partial charge in [0.25, 0.3) is 0 Å². The normalized spacial score (nSPS) is 15.8. The van der Waals surface area contributed by atoms with Gasteiger partial charge in [0, 0.05) is 16.5 Å². The predicted molar refractivity (Wildman–Crippen MR) is 104 cm³/mol. The first kappa shape index (κ1) is 17.2. The standard InChI is InChI=1S/C21H17ClN4O/c22-17-9-5-4-8-15(17)19-18-14(11-10-13-6-2-1-3-7-13)16(12-23)20(24)27-21(18)26-25-19/h1-9,14H,10-11,24H2,(H,25,26). The summed E-state index contributed by atoms with van der Waals surface area (Å²) in [6, 6.07) is 19.9. The van der Waals surface area contributed by atoms with Crippen LogP contribution in [-0.4, -0.2) is 10.2 Å². The lowest BCUT2D eigenvalue weighted by atomic mass is 9.84. The number of halogens is 1. The van der Waals surface area contributed by atoms with Crippen LogP contribution in [0.15, 0.2) is 66.1 Å². The quantitative estimate of drug-likeness (QED) is 0.700. The highest BCUT2D eigenvalue weighted by molar-refractivity contribution is 6.33. The van der Waals surface area contributed by atoms with Gasteiger partial charge in [0.05, 0.1) is 16.8 Å². The summed E-state index contributed by atoms with van der Waals surface area (Å²) in [4.78, 5) is 0. The second-order valence-corrected chi connectivity index (χ2v) is 6.77. The summed E-state index contributed by atoms with van der Waals surface area (Å²) in [6.45, 7) is 0. The molecule has 0 spiro atoms. The minimum Gasteiger partial charge on any atom is -0.420 e. The van der Waals surface area contributed by atoms with Crippen molar-refractivity contribution in [1.82, 2.24) is 10.2 Å². The van der Waals surface area contributed by atoms with Crippen molar-refractivity contribution in [2.45, 2.75) is 18.8 Å². The van der Waals surface area contributed by atoms with Gasteiger partial charge in [0.15, 0.2) is 0 Å². The van der Waals surface area contributed by atoms with Crippen LogP contribution in [0.1, 0.15) is 23.5 Å². The summed E-state index contributed by atoms with van der Waals surface area (Å²) in [5.74, 6) is 0.295. The number of nitrogens with one attached hydrogen (secondary N) is 1. The molecule has 27 heavy (non-hydrogen) atoms. The lowest BCUT2D eigenvalue weighted by Crippen LogP contribution is -2.20. The fraction of sp³-hybridized carbons (Fsp3) is 0.143. The number of nitriles is 1. The van der Waals surface area contributed by atoms with Gasteiger partial charge in [-0.1, -0.05) is 60.1 Å². The molecule has 1 aliphatic rings. The van der Waals surface area contributed by atoms with Gasteiger partial charge in [-0.2, -0.15) is 5.26 Å². The summed E-state index contributed by atoms with van der Waals surface area (Å²) < 4.78 is 5.61. The largest absolute Gasteiger partial charge is 0.420 e. The number of aryl methyl sites for hydroxylation is 1. The van der Waals surface area contributed by atoms with Crippen molar-refractivity contribution >= 4 is 11.6 Å². The predicted octanol–water partition coefficient (Wildman–Crippen LogP) is 4.53. The fourth-order valence-electron chi connectivity index (χ4n) is 3.46. The number of benzene rings is 2. The van der Waals surface area contributed by atoms with Crippen molar-refractivity contribution < 1.29 is 4.74 Å². The molecule has 2 heterocycles. The Morgan fingerprint density at radius 3 is 2.63 bits per heavy atom. The summed E-state index contributed by atoms with van der Waals surface area (Å²) in [6.07, 6.45) is 1.51. The first-order valence-corrected chi connectivity index (χ1v) is 9.01. The molecular weight excluding hydrogens is 360 g/mol. The summed E-state index contributed by atoms with van der Waals surface area (Å²) in [5.41, 5.74) is 10.0. The second-order valence-electron chi connectivity index (χ2n) is 6.37. The third-order valence-corrected chi connectivity index (χ3v) is 5.10. The molecule has 1 atom stereocenters. The average molecular weight is 377 g/mol. The van der Waals surface area contributed by atoms with Crippen LogP contribution in [0.4, 0.5) is 0 Å². The Hall–Kier alpha value is -3.23. The summed E-state index contributed by atoms with van der Waals surface area (Å²) in [7, 11) is 0. The molecule has 0 saturated heterocycles. The minimum atomic E-state index is -0.219. The van der Waals surface area contributed by atoms with Gasteiger partial charge in [0.1, 0.15) is 6.07 Å². The van der Waals surface area contributed by atoms with E-state index in [0.29, 0.717) is 22.9 Å². The molecule has 3 N–H and O–H groups in total. The maximum absolute atomic E-state index is 9.68. The fourth-order valence-corrected chi connectivity index (χ4v) is 3.69. The Morgan fingerprint density at radius 1 is 1.15 bits per heavy atom. The number of nitrogens with two attached hydrogens (primary N) is 1. The third kappa shape index (κ3) is 3.16. The van der Waals surface area contributed by atoms with E-state index in [0.717, 1.165) is 23.2 Å². The van der Waals surface area contributed by atoms with Crippen LogP contribution < -0.4 is 10.5 Å². The Balaban J connectivity index is 1.77. The molecule has 0 bridgehead atoms. The van der Waals surface area contributed by atoms with E-state index >= 15 is 0 Å². The molecule has 134 valence electrons.